The molecule has 0 aliphatic rings. The molecule has 0 radical (unpaired) electrons. The fourth-order valence-corrected chi connectivity index (χ4v) is 2.18. The molecular weight excluding hydrogens is 262 g/mol. The fourth-order valence-electron chi connectivity index (χ4n) is 2.18. The minimum Gasteiger partial charge on any atom is -0.384 e. The molecule has 0 atom stereocenters. The van der Waals surface area contributed by atoms with E-state index in [9.17, 15) is 4.79 Å². The number of aryl methyl sites for hydroxylation is 1. The van der Waals surface area contributed by atoms with Crippen LogP contribution >= 0.6 is 0 Å². The van der Waals surface area contributed by atoms with Crippen LogP contribution in [0.25, 0.3) is 0 Å². The van der Waals surface area contributed by atoms with Gasteiger partial charge in [-0.1, -0.05) is 31.2 Å². The highest BCUT2D eigenvalue weighted by atomic mass is 16.1. The lowest BCUT2D eigenvalue weighted by molar-refractivity contribution is 0.0946. The van der Waals surface area contributed by atoms with Crippen LogP contribution in [-0.4, -0.2) is 17.4 Å². The van der Waals surface area contributed by atoms with E-state index in [1.54, 1.807) is 12.3 Å². The van der Waals surface area contributed by atoms with Crippen LogP contribution in [0, 0.1) is 0 Å². The third-order valence-corrected chi connectivity index (χ3v) is 3.32. The van der Waals surface area contributed by atoms with Crippen molar-refractivity contribution in [3.8, 4) is 0 Å². The highest BCUT2D eigenvalue weighted by molar-refractivity contribution is 5.92. The molecule has 2 aromatic rings. The van der Waals surface area contributed by atoms with Crippen molar-refractivity contribution >= 4 is 11.6 Å². The lowest BCUT2D eigenvalue weighted by Gasteiger charge is -2.09. The van der Waals surface area contributed by atoms with Gasteiger partial charge in [-0.15, -0.1) is 0 Å². The Hall–Kier alpha value is -2.36. The number of carbonyl (C=O) groups excluding carboxylic acids is 1. The summed E-state index contributed by atoms with van der Waals surface area (Å²) in [6.07, 6.45) is 2.64. The Bertz CT molecular complexity index is 593. The van der Waals surface area contributed by atoms with Gasteiger partial charge in [0.15, 0.2) is 0 Å². The van der Waals surface area contributed by atoms with E-state index in [0.29, 0.717) is 12.2 Å². The molecule has 2 N–H and O–H groups in total. The Labute approximate surface area is 125 Å². The number of carbonyl (C=O) groups is 1. The second-order valence-electron chi connectivity index (χ2n) is 4.77. The molecule has 0 fully saturated rings. The summed E-state index contributed by atoms with van der Waals surface area (Å²) >= 11 is 0. The average molecular weight is 283 g/mol. The van der Waals surface area contributed by atoms with Crippen molar-refractivity contribution in [2.45, 2.75) is 26.8 Å². The van der Waals surface area contributed by atoms with Gasteiger partial charge in [-0.05, 0) is 36.6 Å². The maximum absolute atomic E-state index is 12.1. The molecule has 2 rings (SSSR count). The molecule has 0 unspecified atom stereocenters. The van der Waals surface area contributed by atoms with E-state index in [1.165, 1.54) is 5.56 Å². The first kappa shape index (κ1) is 15.0. The predicted molar refractivity (Wildman–Crippen MR) is 85.4 cm³/mol. The van der Waals surface area contributed by atoms with Gasteiger partial charge in [0.05, 0.1) is 11.9 Å². The van der Waals surface area contributed by atoms with Crippen molar-refractivity contribution in [1.29, 1.82) is 0 Å². The largest absolute Gasteiger partial charge is 0.384 e. The van der Waals surface area contributed by atoms with Crippen LogP contribution in [0.5, 0.6) is 0 Å². The van der Waals surface area contributed by atoms with Crippen molar-refractivity contribution in [3.63, 3.8) is 0 Å². The Morgan fingerprint density at radius 1 is 1.10 bits per heavy atom. The normalized spacial score (nSPS) is 10.2. The van der Waals surface area contributed by atoms with Crippen LogP contribution < -0.4 is 10.6 Å². The lowest BCUT2D eigenvalue weighted by Crippen LogP contribution is -2.24. The molecule has 4 heteroatoms. The number of benzene rings is 1. The van der Waals surface area contributed by atoms with E-state index in [1.807, 2.05) is 31.2 Å². The van der Waals surface area contributed by atoms with Crippen LogP contribution in [0.1, 0.15) is 35.5 Å². The quantitative estimate of drug-likeness (QED) is 0.857. The van der Waals surface area contributed by atoms with E-state index >= 15 is 0 Å². The summed E-state index contributed by atoms with van der Waals surface area (Å²) in [5, 5.41) is 6.07. The van der Waals surface area contributed by atoms with Gasteiger partial charge in [0.1, 0.15) is 5.69 Å². The van der Waals surface area contributed by atoms with Crippen LogP contribution in [0.4, 0.5) is 5.69 Å². The summed E-state index contributed by atoms with van der Waals surface area (Å²) in [5.74, 6) is -0.149. The zero-order valence-corrected chi connectivity index (χ0v) is 12.5. The van der Waals surface area contributed by atoms with E-state index in [0.717, 1.165) is 24.2 Å². The molecule has 0 saturated heterocycles. The van der Waals surface area contributed by atoms with E-state index in [2.05, 4.69) is 28.6 Å². The minimum atomic E-state index is -0.149. The van der Waals surface area contributed by atoms with Gasteiger partial charge in [-0.2, -0.15) is 0 Å². The number of aromatic nitrogens is 1. The van der Waals surface area contributed by atoms with Gasteiger partial charge in [0.2, 0.25) is 0 Å². The first-order chi connectivity index (χ1) is 10.2. The van der Waals surface area contributed by atoms with Gasteiger partial charge in [-0.25, -0.2) is 4.98 Å². The second-order valence-corrected chi connectivity index (χ2v) is 4.77. The fraction of sp³-hybridized carbons (Fsp3) is 0.294. The molecule has 0 aliphatic carbocycles. The summed E-state index contributed by atoms with van der Waals surface area (Å²) < 4.78 is 0. The molecule has 110 valence electrons. The summed E-state index contributed by atoms with van der Waals surface area (Å²) in [7, 11) is 0. The molecular formula is C17H21N3O. The smallest absolute Gasteiger partial charge is 0.270 e. The standard InChI is InChI=1S/C17H21N3O/c1-3-13-7-5-6-8-14(13)11-20-17(21)16-10-9-15(12-19-16)18-4-2/h5-10,12,18H,3-4,11H2,1-2H3,(H,20,21). The maximum atomic E-state index is 12.1. The molecule has 0 spiro atoms. The number of nitrogens with zero attached hydrogens (tertiary/aromatic N) is 1. The zero-order chi connectivity index (χ0) is 15.1. The summed E-state index contributed by atoms with van der Waals surface area (Å²) in [4.78, 5) is 16.3. The van der Waals surface area contributed by atoms with Gasteiger partial charge in [-0.3, -0.25) is 4.79 Å². The van der Waals surface area contributed by atoms with E-state index < -0.39 is 0 Å². The van der Waals surface area contributed by atoms with Crippen LogP contribution in [0.15, 0.2) is 42.6 Å². The Morgan fingerprint density at radius 3 is 2.48 bits per heavy atom. The highest BCUT2D eigenvalue weighted by Crippen LogP contribution is 2.10. The number of hydrogen-bond donors (Lipinski definition) is 2. The monoisotopic (exact) mass is 283 g/mol. The van der Waals surface area contributed by atoms with Gasteiger partial charge < -0.3 is 10.6 Å². The highest BCUT2D eigenvalue weighted by Gasteiger charge is 2.07. The van der Waals surface area contributed by atoms with Gasteiger partial charge in [0.25, 0.3) is 5.91 Å². The Balaban J connectivity index is 1.98. The van der Waals surface area contributed by atoms with Crippen molar-refractivity contribution in [1.82, 2.24) is 10.3 Å². The van der Waals surface area contributed by atoms with E-state index in [4.69, 9.17) is 0 Å². The predicted octanol–water partition coefficient (Wildman–Crippen LogP) is 3.01. The van der Waals surface area contributed by atoms with Crippen molar-refractivity contribution in [2.75, 3.05) is 11.9 Å². The topological polar surface area (TPSA) is 54.0 Å². The third kappa shape index (κ3) is 4.05. The zero-order valence-electron chi connectivity index (χ0n) is 12.5. The molecule has 1 heterocycles. The number of anilines is 1. The summed E-state index contributed by atoms with van der Waals surface area (Å²) in [6.45, 7) is 5.49. The Morgan fingerprint density at radius 2 is 1.86 bits per heavy atom. The Kier molecular flexibility index (Phi) is 5.32. The molecule has 0 aliphatic heterocycles. The molecule has 0 bridgehead atoms. The minimum absolute atomic E-state index is 0.149. The molecule has 21 heavy (non-hydrogen) atoms. The maximum Gasteiger partial charge on any atom is 0.270 e. The number of rotatable bonds is 6. The average Bonchev–Trinajstić information content (AvgIpc) is 2.54. The van der Waals surface area contributed by atoms with Crippen molar-refractivity contribution in [3.05, 3.63) is 59.4 Å². The first-order valence-electron chi connectivity index (χ1n) is 7.29. The van der Waals surface area contributed by atoms with Crippen LogP contribution in [0.3, 0.4) is 0 Å². The second kappa shape index (κ2) is 7.43. The number of amides is 1. The SMILES string of the molecule is CCNc1ccc(C(=O)NCc2ccccc2CC)nc1. The van der Waals surface area contributed by atoms with Crippen molar-refractivity contribution < 1.29 is 4.79 Å². The summed E-state index contributed by atoms with van der Waals surface area (Å²) in [6, 6.07) is 11.7. The summed E-state index contributed by atoms with van der Waals surface area (Å²) in [5.41, 5.74) is 3.77. The third-order valence-electron chi connectivity index (χ3n) is 3.32. The molecule has 1 aromatic heterocycles. The van der Waals surface area contributed by atoms with Crippen molar-refractivity contribution in [2.24, 2.45) is 0 Å². The molecule has 4 nitrogen and oxygen atoms in total. The van der Waals surface area contributed by atoms with Gasteiger partial charge >= 0.3 is 0 Å². The molecule has 0 saturated carbocycles. The number of pyridine rings is 1. The molecule has 1 aromatic carbocycles. The molecule has 1 amide bonds. The van der Waals surface area contributed by atoms with E-state index in [-0.39, 0.29) is 5.91 Å². The van der Waals surface area contributed by atoms with Crippen LogP contribution in [-0.2, 0) is 13.0 Å². The number of nitrogens with one attached hydrogen (secondary N) is 2. The van der Waals surface area contributed by atoms with Gasteiger partial charge in [0, 0.05) is 13.1 Å². The number of hydrogen-bond acceptors (Lipinski definition) is 3. The van der Waals surface area contributed by atoms with Crippen LogP contribution in [0.2, 0.25) is 0 Å². The lowest BCUT2D eigenvalue weighted by atomic mass is 10.1. The first-order valence-corrected chi connectivity index (χ1v) is 7.29.